The van der Waals surface area contributed by atoms with E-state index in [1.54, 1.807) is 4.90 Å². The molecule has 0 atom stereocenters. The molecule has 102 valence electrons. The van der Waals surface area contributed by atoms with E-state index in [4.69, 9.17) is 0 Å². The second kappa shape index (κ2) is 5.73. The van der Waals surface area contributed by atoms with E-state index in [2.05, 4.69) is 10.6 Å². The average Bonchev–Trinajstić information content (AvgIpc) is 2.40. The van der Waals surface area contributed by atoms with Gasteiger partial charge in [-0.2, -0.15) is 0 Å². The van der Waals surface area contributed by atoms with Gasteiger partial charge in [0.25, 0.3) is 0 Å². The van der Waals surface area contributed by atoms with Gasteiger partial charge in [0.05, 0.1) is 0 Å². The monoisotopic (exact) mass is 261 g/mol. The van der Waals surface area contributed by atoms with Crippen LogP contribution in [-0.4, -0.2) is 25.0 Å². The molecule has 3 amide bonds. The quantitative estimate of drug-likeness (QED) is 0.876. The van der Waals surface area contributed by atoms with Gasteiger partial charge in [-0.05, 0) is 30.7 Å². The largest absolute Gasteiger partial charge is 0.338 e. The summed E-state index contributed by atoms with van der Waals surface area (Å²) in [5.74, 6) is -0.0592. The Labute approximate surface area is 113 Å². The van der Waals surface area contributed by atoms with Crippen LogP contribution in [0.5, 0.6) is 0 Å². The molecule has 5 nitrogen and oxygen atoms in total. The van der Waals surface area contributed by atoms with Gasteiger partial charge in [0.15, 0.2) is 0 Å². The van der Waals surface area contributed by atoms with Gasteiger partial charge >= 0.3 is 6.03 Å². The number of hydrogen-bond donors (Lipinski definition) is 2. The molecule has 0 bridgehead atoms. The van der Waals surface area contributed by atoms with E-state index < -0.39 is 0 Å². The minimum atomic E-state index is -0.0646. The molecule has 19 heavy (non-hydrogen) atoms. The molecule has 1 aromatic rings. The summed E-state index contributed by atoms with van der Waals surface area (Å²) in [5.41, 5.74) is 1.60. The van der Waals surface area contributed by atoms with Crippen molar-refractivity contribution in [3.8, 4) is 0 Å². The van der Waals surface area contributed by atoms with Crippen LogP contribution in [0.15, 0.2) is 24.3 Å². The van der Waals surface area contributed by atoms with E-state index in [0.29, 0.717) is 0 Å². The third-order valence-corrected chi connectivity index (χ3v) is 3.05. The Hall–Kier alpha value is -2.04. The standard InChI is InChI=1S/C14H19N3O2/c1-10(2)13(18)16-11-4-6-12(7-5-11)17-9-3-8-15-14(17)19/h4-7,10H,3,8-9H2,1-2H3,(H,15,19)(H,16,18). The summed E-state index contributed by atoms with van der Waals surface area (Å²) in [6, 6.07) is 7.27. The SMILES string of the molecule is CC(C)C(=O)Nc1ccc(N2CCCNC2=O)cc1. The number of carbonyl (C=O) groups excluding carboxylic acids is 2. The fourth-order valence-electron chi connectivity index (χ4n) is 1.89. The van der Waals surface area contributed by atoms with Gasteiger partial charge < -0.3 is 10.6 Å². The van der Waals surface area contributed by atoms with Gasteiger partial charge in [0, 0.05) is 30.4 Å². The van der Waals surface area contributed by atoms with E-state index in [9.17, 15) is 9.59 Å². The molecule has 1 aliphatic heterocycles. The summed E-state index contributed by atoms with van der Waals surface area (Å²) >= 11 is 0. The highest BCUT2D eigenvalue weighted by molar-refractivity contribution is 5.94. The first-order valence-corrected chi connectivity index (χ1v) is 6.54. The van der Waals surface area contributed by atoms with Crippen LogP contribution in [0.2, 0.25) is 0 Å². The van der Waals surface area contributed by atoms with Gasteiger partial charge in [-0.15, -0.1) is 0 Å². The van der Waals surface area contributed by atoms with Crippen LogP contribution >= 0.6 is 0 Å². The molecule has 1 saturated heterocycles. The number of urea groups is 1. The van der Waals surface area contributed by atoms with Crippen molar-refractivity contribution in [2.75, 3.05) is 23.3 Å². The van der Waals surface area contributed by atoms with E-state index >= 15 is 0 Å². The number of amides is 3. The van der Waals surface area contributed by atoms with Gasteiger partial charge in [-0.1, -0.05) is 13.8 Å². The van der Waals surface area contributed by atoms with E-state index in [0.717, 1.165) is 30.9 Å². The topological polar surface area (TPSA) is 61.4 Å². The predicted octanol–water partition coefficient (Wildman–Crippen LogP) is 2.20. The summed E-state index contributed by atoms with van der Waals surface area (Å²) in [7, 11) is 0. The molecular formula is C14H19N3O2. The molecule has 0 aliphatic carbocycles. The molecule has 0 saturated carbocycles. The molecule has 0 radical (unpaired) electrons. The highest BCUT2D eigenvalue weighted by Gasteiger charge is 2.18. The Morgan fingerprint density at radius 2 is 2.00 bits per heavy atom. The Morgan fingerprint density at radius 3 is 2.58 bits per heavy atom. The van der Waals surface area contributed by atoms with E-state index in [-0.39, 0.29) is 17.9 Å². The summed E-state index contributed by atoms with van der Waals surface area (Å²) in [4.78, 5) is 25.0. The Kier molecular flexibility index (Phi) is 4.04. The summed E-state index contributed by atoms with van der Waals surface area (Å²) in [6.45, 7) is 5.16. The number of anilines is 2. The third-order valence-electron chi connectivity index (χ3n) is 3.05. The average molecular weight is 261 g/mol. The number of hydrogen-bond acceptors (Lipinski definition) is 2. The number of nitrogens with one attached hydrogen (secondary N) is 2. The Morgan fingerprint density at radius 1 is 1.32 bits per heavy atom. The van der Waals surface area contributed by atoms with Crippen molar-refractivity contribution in [1.82, 2.24) is 5.32 Å². The van der Waals surface area contributed by atoms with Gasteiger partial charge in [0.2, 0.25) is 5.91 Å². The Bertz CT molecular complexity index is 468. The Balaban J connectivity index is 2.05. The van der Waals surface area contributed by atoms with Crippen LogP contribution in [-0.2, 0) is 4.79 Å². The maximum Gasteiger partial charge on any atom is 0.321 e. The van der Waals surface area contributed by atoms with Gasteiger partial charge in [-0.25, -0.2) is 4.79 Å². The zero-order chi connectivity index (χ0) is 13.8. The van der Waals surface area contributed by atoms with Crippen LogP contribution in [0.25, 0.3) is 0 Å². The van der Waals surface area contributed by atoms with E-state index in [1.165, 1.54) is 0 Å². The van der Waals surface area contributed by atoms with E-state index in [1.807, 2.05) is 38.1 Å². The van der Waals surface area contributed by atoms with Crippen LogP contribution in [0.1, 0.15) is 20.3 Å². The minimum Gasteiger partial charge on any atom is -0.338 e. The molecule has 2 N–H and O–H groups in total. The highest BCUT2D eigenvalue weighted by Crippen LogP contribution is 2.20. The van der Waals surface area contributed by atoms with Crippen LogP contribution in [0.4, 0.5) is 16.2 Å². The third kappa shape index (κ3) is 3.24. The molecule has 1 fully saturated rings. The number of nitrogens with zero attached hydrogens (tertiary/aromatic N) is 1. The summed E-state index contributed by atoms with van der Waals surface area (Å²) in [5, 5.41) is 5.63. The molecule has 0 aromatic heterocycles. The number of carbonyl (C=O) groups is 2. The molecule has 1 aliphatic rings. The lowest BCUT2D eigenvalue weighted by Gasteiger charge is -2.27. The predicted molar refractivity (Wildman–Crippen MR) is 75.3 cm³/mol. The smallest absolute Gasteiger partial charge is 0.321 e. The summed E-state index contributed by atoms with van der Waals surface area (Å²) < 4.78 is 0. The second-order valence-electron chi connectivity index (χ2n) is 4.93. The lowest BCUT2D eigenvalue weighted by atomic mass is 10.2. The fourth-order valence-corrected chi connectivity index (χ4v) is 1.89. The zero-order valence-electron chi connectivity index (χ0n) is 11.3. The van der Waals surface area contributed by atoms with Crippen molar-refractivity contribution in [3.63, 3.8) is 0 Å². The molecule has 0 spiro atoms. The maximum absolute atomic E-state index is 11.7. The zero-order valence-corrected chi connectivity index (χ0v) is 11.3. The second-order valence-corrected chi connectivity index (χ2v) is 4.93. The molecule has 2 rings (SSSR count). The van der Waals surface area contributed by atoms with Crippen molar-refractivity contribution < 1.29 is 9.59 Å². The number of rotatable bonds is 3. The molecule has 0 unspecified atom stereocenters. The van der Waals surface area contributed by atoms with Gasteiger partial charge in [0.1, 0.15) is 0 Å². The molecule has 1 heterocycles. The first kappa shape index (κ1) is 13.4. The van der Waals surface area contributed by atoms with Crippen molar-refractivity contribution >= 4 is 23.3 Å². The molecular weight excluding hydrogens is 242 g/mol. The van der Waals surface area contributed by atoms with Gasteiger partial charge in [-0.3, -0.25) is 9.69 Å². The first-order valence-electron chi connectivity index (χ1n) is 6.54. The van der Waals surface area contributed by atoms with Crippen molar-refractivity contribution in [2.24, 2.45) is 5.92 Å². The maximum atomic E-state index is 11.7. The minimum absolute atomic E-state index is 0.0107. The molecule has 5 heteroatoms. The first-order chi connectivity index (χ1) is 9.08. The fraction of sp³-hybridized carbons (Fsp3) is 0.429. The highest BCUT2D eigenvalue weighted by atomic mass is 16.2. The summed E-state index contributed by atoms with van der Waals surface area (Å²) in [6.07, 6.45) is 0.942. The van der Waals surface area contributed by atoms with Crippen LogP contribution in [0, 0.1) is 5.92 Å². The van der Waals surface area contributed by atoms with Crippen molar-refractivity contribution in [2.45, 2.75) is 20.3 Å². The van der Waals surface area contributed by atoms with Crippen molar-refractivity contribution in [1.29, 1.82) is 0 Å². The number of benzene rings is 1. The van der Waals surface area contributed by atoms with Crippen LogP contribution in [0.3, 0.4) is 0 Å². The van der Waals surface area contributed by atoms with Crippen molar-refractivity contribution in [3.05, 3.63) is 24.3 Å². The van der Waals surface area contributed by atoms with Crippen LogP contribution < -0.4 is 15.5 Å². The lowest BCUT2D eigenvalue weighted by molar-refractivity contribution is -0.118. The molecule has 1 aromatic carbocycles. The lowest BCUT2D eigenvalue weighted by Crippen LogP contribution is -2.46. The normalized spacial score (nSPS) is 15.3.